The van der Waals surface area contributed by atoms with Crippen molar-refractivity contribution < 1.29 is 37.5 Å². The molecule has 1 rings (SSSR count). The maximum Gasteiger partial charge on any atom is 0.340 e. The molecule has 2 amide bonds. The van der Waals surface area contributed by atoms with Crippen LogP contribution >= 0.6 is 7.60 Å². The summed E-state index contributed by atoms with van der Waals surface area (Å²) in [6.07, 6.45) is -0.315. The van der Waals surface area contributed by atoms with Gasteiger partial charge in [0, 0.05) is 21.0 Å². The van der Waals surface area contributed by atoms with Crippen molar-refractivity contribution in [3.05, 3.63) is 29.8 Å². The Morgan fingerprint density at radius 3 is 2.17 bits per heavy atom. The first-order valence-corrected chi connectivity index (χ1v) is 17.6. The summed E-state index contributed by atoms with van der Waals surface area (Å²) in [6.45, 7) is 10.6. The molecule has 0 saturated heterocycles. The molecule has 0 fully saturated rings. The van der Waals surface area contributed by atoms with Crippen LogP contribution < -0.4 is 15.4 Å². The van der Waals surface area contributed by atoms with Crippen molar-refractivity contribution in [1.82, 2.24) is 10.6 Å². The minimum Gasteiger partial charge on any atom is -0.497 e. The standard InChI is InChI=1S/C24H41N2O8PSi/c1-7-33-35(30,34-8-2)18-22(27)26-21(17-19-9-11-20(31-3)12-10-19)24(29)25-14-13-23(28)32-15-16-36(4,5)6/h9-12,21H,7-8,13-18H2,1-6H3,(H,25,29)(H,26,27)/t21-/m1/s1. The van der Waals surface area contributed by atoms with E-state index in [1.165, 1.54) is 0 Å². The maximum atomic E-state index is 12.9. The van der Waals surface area contributed by atoms with Crippen molar-refractivity contribution in [2.75, 3.05) is 39.6 Å². The largest absolute Gasteiger partial charge is 0.497 e. The molecule has 0 unspecified atom stereocenters. The third-order valence-electron chi connectivity index (χ3n) is 4.98. The van der Waals surface area contributed by atoms with Crippen LogP contribution in [0.25, 0.3) is 0 Å². The Bertz CT molecular complexity index is 879. The van der Waals surface area contributed by atoms with Gasteiger partial charge in [-0.05, 0) is 37.6 Å². The Balaban J connectivity index is 2.79. The predicted molar refractivity (Wildman–Crippen MR) is 141 cm³/mol. The highest BCUT2D eigenvalue weighted by atomic mass is 31.2. The van der Waals surface area contributed by atoms with Gasteiger partial charge in [-0.15, -0.1) is 0 Å². The number of esters is 1. The molecule has 10 nitrogen and oxygen atoms in total. The van der Waals surface area contributed by atoms with Crippen LogP contribution in [-0.4, -0.2) is 71.5 Å². The van der Waals surface area contributed by atoms with Crippen LogP contribution in [0, 0.1) is 0 Å². The number of carbonyl (C=O) groups is 3. The Morgan fingerprint density at radius 2 is 1.64 bits per heavy atom. The topological polar surface area (TPSA) is 129 Å². The van der Waals surface area contributed by atoms with Crippen molar-refractivity contribution in [3.8, 4) is 5.75 Å². The molecular formula is C24H41N2O8PSi. The highest BCUT2D eigenvalue weighted by Crippen LogP contribution is 2.47. The van der Waals surface area contributed by atoms with Gasteiger partial charge in [-0.1, -0.05) is 31.8 Å². The number of benzene rings is 1. The lowest BCUT2D eigenvalue weighted by Gasteiger charge is -2.21. The zero-order valence-corrected chi connectivity index (χ0v) is 24.2. The van der Waals surface area contributed by atoms with E-state index in [1.807, 2.05) is 0 Å². The first-order chi connectivity index (χ1) is 16.9. The molecule has 0 aliphatic heterocycles. The van der Waals surface area contributed by atoms with Crippen LogP contribution in [0.3, 0.4) is 0 Å². The van der Waals surface area contributed by atoms with Gasteiger partial charge < -0.3 is 29.2 Å². The summed E-state index contributed by atoms with van der Waals surface area (Å²) in [7, 11) is -3.39. The zero-order valence-electron chi connectivity index (χ0n) is 22.3. The first-order valence-electron chi connectivity index (χ1n) is 12.1. The molecule has 0 radical (unpaired) electrons. The van der Waals surface area contributed by atoms with Crippen LogP contribution in [-0.2, 0) is 39.2 Å². The highest BCUT2D eigenvalue weighted by molar-refractivity contribution is 7.54. The Hall–Kier alpha value is -2.20. The molecule has 1 aromatic carbocycles. The zero-order chi connectivity index (χ0) is 27.2. The van der Waals surface area contributed by atoms with E-state index < -0.39 is 45.7 Å². The van der Waals surface area contributed by atoms with Crippen molar-refractivity contribution in [2.45, 2.75) is 58.4 Å². The Morgan fingerprint density at radius 1 is 1.03 bits per heavy atom. The van der Waals surface area contributed by atoms with E-state index in [1.54, 1.807) is 45.2 Å². The summed E-state index contributed by atoms with van der Waals surface area (Å²) in [6, 6.07) is 6.97. The van der Waals surface area contributed by atoms with E-state index in [-0.39, 0.29) is 32.6 Å². The molecule has 12 heteroatoms. The van der Waals surface area contributed by atoms with Gasteiger partial charge in [0.2, 0.25) is 11.8 Å². The molecule has 36 heavy (non-hydrogen) atoms. The molecule has 204 valence electrons. The van der Waals surface area contributed by atoms with Crippen LogP contribution in [0.4, 0.5) is 0 Å². The Kier molecular flexibility index (Phi) is 14.0. The second-order valence-electron chi connectivity index (χ2n) is 9.35. The third kappa shape index (κ3) is 13.2. The molecule has 1 aromatic rings. The van der Waals surface area contributed by atoms with Gasteiger partial charge >= 0.3 is 13.6 Å². The number of rotatable bonds is 17. The van der Waals surface area contributed by atoms with E-state index in [0.717, 1.165) is 11.6 Å². The number of carbonyl (C=O) groups excluding carboxylic acids is 3. The second kappa shape index (κ2) is 15.8. The third-order valence-corrected chi connectivity index (χ3v) is 8.66. The van der Waals surface area contributed by atoms with Crippen LogP contribution in [0.5, 0.6) is 5.75 Å². The molecule has 1 atom stereocenters. The quantitative estimate of drug-likeness (QED) is 0.174. The summed E-state index contributed by atoms with van der Waals surface area (Å²) < 4.78 is 33.5. The van der Waals surface area contributed by atoms with Crippen molar-refractivity contribution >= 4 is 33.5 Å². The van der Waals surface area contributed by atoms with Crippen molar-refractivity contribution in [2.24, 2.45) is 0 Å². The number of hydrogen-bond donors (Lipinski definition) is 2. The number of amides is 2. The van der Waals surface area contributed by atoms with E-state index in [0.29, 0.717) is 12.4 Å². The normalized spacial score (nSPS) is 12.5. The number of methoxy groups -OCH3 is 1. The van der Waals surface area contributed by atoms with Gasteiger partial charge in [0.15, 0.2) is 0 Å². The van der Waals surface area contributed by atoms with E-state index in [9.17, 15) is 18.9 Å². The van der Waals surface area contributed by atoms with Gasteiger partial charge in [0.25, 0.3) is 0 Å². The summed E-state index contributed by atoms with van der Waals surface area (Å²) in [5, 5.41) is 5.31. The average Bonchev–Trinajstić information content (AvgIpc) is 2.78. The minimum absolute atomic E-state index is 0.0184. The first kappa shape index (κ1) is 31.8. The molecule has 0 aliphatic rings. The van der Waals surface area contributed by atoms with E-state index in [4.69, 9.17) is 18.5 Å². The number of hydrogen-bond acceptors (Lipinski definition) is 8. The summed E-state index contributed by atoms with van der Waals surface area (Å²) in [5.74, 6) is -0.846. The number of ether oxygens (including phenoxy) is 2. The summed E-state index contributed by atoms with van der Waals surface area (Å²) in [4.78, 5) is 37.6. The van der Waals surface area contributed by atoms with Gasteiger partial charge in [-0.2, -0.15) is 0 Å². The summed E-state index contributed by atoms with van der Waals surface area (Å²) in [5.41, 5.74) is 0.778. The molecular weight excluding hydrogens is 503 g/mol. The molecule has 0 aromatic heterocycles. The monoisotopic (exact) mass is 544 g/mol. The highest BCUT2D eigenvalue weighted by Gasteiger charge is 2.30. The average molecular weight is 545 g/mol. The van der Waals surface area contributed by atoms with Gasteiger partial charge in [-0.3, -0.25) is 18.9 Å². The SMILES string of the molecule is CCOP(=O)(CC(=O)N[C@H](Cc1ccc(OC)cc1)C(=O)NCCC(=O)OCC[Si](C)(C)C)OCC. The van der Waals surface area contributed by atoms with Gasteiger partial charge in [-0.25, -0.2) is 0 Å². The molecule has 0 aliphatic carbocycles. The lowest BCUT2D eigenvalue weighted by molar-refractivity contribution is -0.143. The second-order valence-corrected chi connectivity index (χ2v) is 17.0. The van der Waals surface area contributed by atoms with Gasteiger partial charge in [0.1, 0.15) is 18.0 Å². The molecule has 0 spiro atoms. The minimum atomic E-state index is -3.63. The number of nitrogens with one attached hydrogen (secondary N) is 2. The molecule has 0 heterocycles. The fourth-order valence-electron chi connectivity index (χ4n) is 3.10. The lowest BCUT2D eigenvalue weighted by atomic mass is 10.0. The van der Waals surface area contributed by atoms with Crippen LogP contribution in [0.1, 0.15) is 25.8 Å². The van der Waals surface area contributed by atoms with Gasteiger partial charge in [0.05, 0.1) is 33.4 Å². The fourth-order valence-corrected chi connectivity index (χ4v) is 5.30. The van der Waals surface area contributed by atoms with Crippen LogP contribution in [0.15, 0.2) is 24.3 Å². The molecule has 0 saturated carbocycles. The van der Waals surface area contributed by atoms with E-state index >= 15 is 0 Å². The molecule has 0 bridgehead atoms. The fraction of sp³-hybridized carbons (Fsp3) is 0.625. The predicted octanol–water partition coefficient (Wildman–Crippen LogP) is 3.38. The summed E-state index contributed by atoms with van der Waals surface area (Å²) >= 11 is 0. The van der Waals surface area contributed by atoms with Crippen molar-refractivity contribution in [3.63, 3.8) is 0 Å². The lowest BCUT2D eigenvalue weighted by Crippen LogP contribution is -2.49. The maximum absolute atomic E-state index is 12.9. The van der Waals surface area contributed by atoms with Crippen LogP contribution in [0.2, 0.25) is 25.7 Å². The Labute approximate surface area is 215 Å². The smallest absolute Gasteiger partial charge is 0.340 e. The van der Waals surface area contributed by atoms with E-state index in [2.05, 4.69) is 30.3 Å². The van der Waals surface area contributed by atoms with Crippen molar-refractivity contribution in [1.29, 1.82) is 0 Å². The molecule has 2 N–H and O–H groups in total.